The number of benzene rings is 1. The fourth-order valence-electron chi connectivity index (χ4n) is 5.13. The zero-order valence-corrected chi connectivity index (χ0v) is 22.2. The number of aliphatic hydroxyl groups is 1. The number of carbonyl (C=O) groups is 2. The summed E-state index contributed by atoms with van der Waals surface area (Å²) in [5.41, 5.74) is 4.55. The number of rotatable bonds is 9. The monoisotopic (exact) mass is 520 g/mol. The molecule has 0 bridgehead atoms. The van der Waals surface area contributed by atoms with E-state index >= 15 is 0 Å². The molecule has 2 heterocycles. The molecular weight excluding hydrogens is 484 g/mol. The smallest absolute Gasteiger partial charge is 0.255 e. The second-order valence-corrected chi connectivity index (χ2v) is 10.5. The van der Waals surface area contributed by atoms with E-state index in [1.165, 1.54) is 19.8 Å². The number of hydrogen-bond acceptors (Lipinski definition) is 6. The molecule has 202 valence electrons. The Morgan fingerprint density at radius 2 is 1.79 bits per heavy atom. The van der Waals surface area contributed by atoms with Crippen LogP contribution in [0.1, 0.15) is 61.5 Å². The number of nitrogens with one attached hydrogen (secondary N) is 3. The van der Waals surface area contributed by atoms with Crippen molar-refractivity contribution in [2.45, 2.75) is 70.6 Å². The van der Waals surface area contributed by atoms with E-state index in [0.29, 0.717) is 23.6 Å². The molecule has 2 amide bonds. The van der Waals surface area contributed by atoms with Crippen LogP contribution in [0.4, 0.5) is 0 Å². The van der Waals surface area contributed by atoms with Crippen LogP contribution in [0.25, 0.3) is 22.2 Å². The van der Waals surface area contributed by atoms with Gasteiger partial charge < -0.3 is 30.2 Å². The normalized spacial score (nSPS) is 20.1. The van der Waals surface area contributed by atoms with Crippen molar-refractivity contribution in [1.82, 2.24) is 20.6 Å². The maximum atomic E-state index is 13.4. The number of methoxy groups -OCH3 is 1. The summed E-state index contributed by atoms with van der Waals surface area (Å²) in [7, 11) is 1.64. The molecule has 1 atom stereocenters. The van der Waals surface area contributed by atoms with Crippen molar-refractivity contribution in [2.75, 3.05) is 13.7 Å². The number of aromatic amines is 1. The molecule has 2 aromatic heterocycles. The Balaban J connectivity index is 1.35. The molecule has 1 aromatic carbocycles. The SMILES string of the molecule is COc1ccc(-c2ccnc3c(C(=O)N[C@H]4CC[C@@H](NC(=O)[C@H](C)O)CC4)c(C)[nH]c23)c(OCC2CC2)c1. The quantitative estimate of drug-likeness (QED) is 0.339. The number of aliphatic hydroxyl groups excluding tert-OH is 1. The van der Waals surface area contributed by atoms with Gasteiger partial charge in [0.2, 0.25) is 5.91 Å². The third-order valence-electron chi connectivity index (χ3n) is 7.54. The van der Waals surface area contributed by atoms with Gasteiger partial charge in [-0.3, -0.25) is 14.6 Å². The summed E-state index contributed by atoms with van der Waals surface area (Å²) in [6.45, 7) is 4.03. The van der Waals surface area contributed by atoms with Crippen LogP contribution in [0.15, 0.2) is 30.5 Å². The van der Waals surface area contributed by atoms with Crippen LogP contribution < -0.4 is 20.1 Å². The maximum absolute atomic E-state index is 13.4. The van der Waals surface area contributed by atoms with Gasteiger partial charge >= 0.3 is 0 Å². The summed E-state index contributed by atoms with van der Waals surface area (Å²) >= 11 is 0. The number of fused-ring (bicyclic) bond motifs is 1. The molecule has 0 radical (unpaired) electrons. The highest BCUT2D eigenvalue weighted by molar-refractivity contribution is 6.09. The average Bonchev–Trinajstić information content (AvgIpc) is 3.67. The van der Waals surface area contributed by atoms with Crippen molar-refractivity contribution < 1.29 is 24.2 Å². The minimum absolute atomic E-state index is 0.0127. The highest BCUT2D eigenvalue weighted by Gasteiger charge is 2.28. The topological polar surface area (TPSA) is 126 Å². The van der Waals surface area contributed by atoms with E-state index in [2.05, 4.69) is 20.6 Å². The molecule has 0 spiro atoms. The molecule has 2 aliphatic rings. The second-order valence-electron chi connectivity index (χ2n) is 10.5. The number of H-pyrrole nitrogens is 1. The molecule has 5 rings (SSSR count). The van der Waals surface area contributed by atoms with E-state index < -0.39 is 6.10 Å². The molecule has 4 N–H and O–H groups in total. The van der Waals surface area contributed by atoms with Gasteiger partial charge in [-0.1, -0.05) is 0 Å². The molecular formula is C29H36N4O5. The van der Waals surface area contributed by atoms with Crippen LogP contribution in [-0.2, 0) is 4.79 Å². The van der Waals surface area contributed by atoms with Crippen molar-refractivity contribution in [3.05, 3.63) is 41.7 Å². The first-order chi connectivity index (χ1) is 18.3. The molecule has 38 heavy (non-hydrogen) atoms. The maximum Gasteiger partial charge on any atom is 0.255 e. The average molecular weight is 521 g/mol. The lowest BCUT2D eigenvalue weighted by Crippen LogP contribution is -2.46. The lowest BCUT2D eigenvalue weighted by Gasteiger charge is -2.30. The van der Waals surface area contributed by atoms with Gasteiger partial charge in [-0.05, 0) is 76.5 Å². The number of aryl methyl sites for hydroxylation is 1. The molecule has 2 saturated carbocycles. The van der Waals surface area contributed by atoms with Crippen LogP contribution in [0.2, 0.25) is 0 Å². The first-order valence-corrected chi connectivity index (χ1v) is 13.4. The Hall–Kier alpha value is -3.59. The number of carbonyl (C=O) groups excluding carboxylic acids is 2. The summed E-state index contributed by atoms with van der Waals surface area (Å²) in [5.74, 6) is 1.58. The molecule has 9 heteroatoms. The third-order valence-corrected chi connectivity index (χ3v) is 7.54. The Bertz CT molecular complexity index is 1320. The number of amides is 2. The van der Waals surface area contributed by atoms with E-state index in [1.54, 1.807) is 13.3 Å². The number of pyridine rings is 1. The fourth-order valence-corrected chi connectivity index (χ4v) is 5.13. The Labute approximate surface area is 222 Å². The van der Waals surface area contributed by atoms with Crippen LogP contribution in [-0.4, -0.2) is 58.8 Å². The summed E-state index contributed by atoms with van der Waals surface area (Å²) in [4.78, 5) is 33.2. The Kier molecular flexibility index (Phi) is 7.56. The van der Waals surface area contributed by atoms with Crippen LogP contribution in [0.3, 0.4) is 0 Å². The van der Waals surface area contributed by atoms with E-state index in [0.717, 1.165) is 59.5 Å². The number of hydrogen-bond donors (Lipinski definition) is 4. The predicted molar refractivity (Wildman–Crippen MR) is 144 cm³/mol. The van der Waals surface area contributed by atoms with Crippen LogP contribution in [0.5, 0.6) is 11.5 Å². The molecule has 3 aromatic rings. The molecule has 9 nitrogen and oxygen atoms in total. The molecule has 0 aliphatic heterocycles. The van der Waals surface area contributed by atoms with E-state index in [1.807, 2.05) is 31.2 Å². The highest BCUT2D eigenvalue weighted by Crippen LogP contribution is 2.39. The van der Waals surface area contributed by atoms with Crippen molar-refractivity contribution in [3.8, 4) is 22.6 Å². The first-order valence-electron chi connectivity index (χ1n) is 13.4. The highest BCUT2D eigenvalue weighted by atomic mass is 16.5. The van der Waals surface area contributed by atoms with Gasteiger partial charge in [-0.15, -0.1) is 0 Å². The zero-order valence-electron chi connectivity index (χ0n) is 22.2. The Morgan fingerprint density at radius 1 is 1.08 bits per heavy atom. The molecule has 2 fully saturated rings. The van der Waals surface area contributed by atoms with Gasteiger partial charge in [0.25, 0.3) is 5.91 Å². The van der Waals surface area contributed by atoms with Crippen molar-refractivity contribution >= 4 is 22.8 Å². The van der Waals surface area contributed by atoms with Crippen molar-refractivity contribution in [1.29, 1.82) is 0 Å². The van der Waals surface area contributed by atoms with Crippen LogP contribution in [0, 0.1) is 12.8 Å². The van der Waals surface area contributed by atoms with Crippen LogP contribution >= 0.6 is 0 Å². The lowest BCUT2D eigenvalue weighted by atomic mass is 9.90. The number of aromatic nitrogens is 2. The first kappa shape index (κ1) is 26.0. The van der Waals surface area contributed by atoms with Gasteiger partial charge in [-0.25, -0.2) is 0 Å². The molecule has 2 aliphatic carbocycles. The fraction of sp³-hybridized carbons (Fsp3) is 0.483. The van der Waals surface area contributed by atoms with Gasteiger partial charge in [-0.2, -0.15) is 0 Å². The van der Waals surface area contributed by atoms with Gasteiger partial charge in [0.05, 0.1) is 24.8 Å². The van der Waals surface area contributed by atoms with E-state index in [4.69, 9.17) is 9.47 Å². The van der Waals surface area contributed by atoms with Gasteiger partial charge in [0.1, 0.15) is 23.1 Å². The van der Waals surface area contributed by atoms with Crippen molar-refractivity contribution in [3.63, 3.8) is 0 Å². The molecule has 0 unspecified atom stereocenters. The standard InChI is InChI=1S/C29H36N4O5/c1-16-25(29(36)33-20-8-6-19(7-9-20)32-28(35)17(2)34)27-26(31-16)23(12-13-30-27)22-11-10-21(37-3)14-24(22)38-15-18-4-5-18/h10-14,17-20,31,34H,4-9,15H2,1-3H3,(H,32,35)(H,33,36)/t17-,19-,20+/m0/s1. The second kappa shape index (κ2) is 11.0. The third kappa shape index (κ3) is 5.62. The summed E-state index contributed by atoms with van der Waals surface area (Å²) in [5, 5.41) is 15.5. The van der Waals surface area contributed by atoms with E-state index in [-0.39, 0.29) is 23.9 Å². The summed E-state index contributed by atoms with van der Waals surface area (Å²) in [6.07, 6.45) is 6.12. The minimum Gasteiger partial charge on any atom is -0.497 e. The summed E-state index contributed by atoms with van der Waals surface area (Å²) < 4.78 is 11.6. The number of nitrogens with zero attached hydrogens (tertiary/aromatic N) is 1. The minimum atomic E-state index is -1.02. The predicted octanol–water partition coefficient (Wildman–Crippen LogP) is 3.87. The van der Waals surface area contributed by atoms with Crippen molar-refractivity contribution in [2.24, 2.45) is 5.92 Å². The summed E-state index contributed by atoms with van der Waals surface area (Å²) in [6, 6.07) is 7.78. The van der Waals surface area contributed by atoms with E-state index in [9.17, 15) is 14.7 Å². The largest absolute Gasteiger partial charge is 0.497 e. The van der Waals surface area contributed by atoms with Gasteiger partial charge in [0, 0.05) is 41.2 Å². The molecule has 0 saturated heterocycles. The number of ether oxygens (including phenoxy) is 2. The Morgan fingerprint density at radius 3 is 2.45 bits per heavy atom. The van der Waals surface area contributed by atoms with Gasteiger partial charge in [0.15, 0.2) is 0 Å². The zero-order chi connectivity index (χ0) is 26.8. The lowest BCUT2D eigenvalue weighted by molar-refractivity contribution is -0.129.